The monoisotopic (exact) mass is 278 g/mol. The molecule has 0 spiro atoms. The van der Waals surface area contributed by atoms with Crippen LogP contribution in [0.25, 0.3) is 0 Å². The third kappa shape index (κ3) is 3.54. The van der Waals surface area contributed by atoms with Crippen LogP contribution in [-0.4, -0.2) is 5.96 Å². The second kappa shape index (κ2) is 5.78. The fourth-order valence-corrected chi connectivity index (χ4v) is 0.702. The van der Waals surface area contributed by atoms with Gasteiger partial charge in [-0.2, -0.15) is 0 Å². The molecule has 0 aliphatic heterocycles. The minimum absolute atomic E-state index is 0. The highest BCUT2D eigenvalue weighted by molar-refractivity contribution is 14.0. The van der Waals surface area contributed by atoms with Crippen molar-refractivity contribution in [2.75, 3.05) is 5.32 Å². The summed E-state index contributed by atoms with van der Waals surface area (Å²) in [5.74, 6) is 5.06. The van der Waals surface area contributed by atoms with Crippen molar-refractivity contribution in [3.63, 3.8) is 0 Å². The van der Waals surface area contributed by atoms with E-state index in [1.165, 1.54) is 0 Å². The molecule has 0 radical (unpaired) electrons. The number of halogens is 1. The van der Waals surface area contributed by atoms with Crippen molar-refractivity contribution < 1.29 is 0 Å². The van der Waals surface area contributed by atoms with Crippen LogP contribution in [0, 0.1) is 5.41 Å². The number of guanidine groups is 1. The van der Waals surface area contributed by atoms with Crippen LogP contribution in [0.3, 0.4) is 0 Å². The van der Waals surface area contributed by atoms with E-state index < -0.39 is 0 Å². The van der Waals surface area contributed by atoms with Crippen LogP contribution < -0.4 is 16.6 Å². The van der Waals surface area contributed by atoms with Gasteiger partial charge in [0.1, 0.15) is 0 Å². The second-order valence-corrected chi connectivity index (χ2v) is 2.01. The van der Waals surface area contributed by atoms with Gasteiger partial charge in [0.05, 0.1) is 0 Å². The van der Waals surface area contributed by atoms with E-state index in [4.69, 9.17) is 11.3 Å². The van der Waals surface area contributed by atoms with E-state index in [0.717, 1.165) is 5.69 Å². The Kier molecular flexibility index (Phi) is 5.39. The Morgan fingerprint density at radius 3 is 2.33 bits per heavy atom. The lowest BCUT2D eigenvalue weighted by atomic mass is 10.3. The van der Waals surface area contributed by atoms with Gasteiger partial charge in [0.25, 0.3) is 0 Å². The van der Waals surface area contributed by atoms with Gasteiger partial charge in [-0.1, -0.05) is 18.2 Å². The van der Waals surface area contributed by atoms with Gasteiger partial charge in [0.2, 0.25) is 5.96 Å². The maximum absolute atomic E-state index is 7.13. The number of hydrazine groups is 1. The Balaban J connectivity index is 0.00000121. The number of benzene rings is 1. The Hall–Kier alpha value is -0.820. The first kappa shape index (κ1) is 11.2. The number of nitrogens with one attached hydrogen (secondary N) is 3. The van der Waals surface area contributed by atoms with E-state index in [1.54, 1.807) is 0 Å². The van der Waals surface area contributed by atoms with Gasteiger partial charge in [-0.05, 0) is 12.1 Å². The Morgan fingerprint density at radius 2 is 1.83 bits per heavy atom. The fourth-order valence-electron chi connectivity index (χ4n) is 0.702. The smallest absolute Gasteiger partial charge is 0.207 e. The standard InChI is InChI=1S/C7H10N4.HI/c8-7(11-9)10-6-4-2-1-3-5-6;/h1-5H,9H2,(H3,8,10,11);1H. The van der Waals surface area contributed by atoms with Gasteiger partial charge in [-0.25, -0.2) is 5.84 Å². The summed E-state index contributed by atoms with van der Waals surface area (Å²) in [6.07, 6.45) is 0. The highest BCUT2D eigenvalue weighted by Crippen LogP contribution is 2.03. The summed E-state index contributed by atoms with van der Waals surface area (Å²) in [5.41, 5.74) is 3.03. The summed E-state index contributed by atoms with van der Waals surface area (Å²) in [7, 11) is 0. The first-order chi connectivity index (χ1) is 5.33. The van der Waals surface area contributed by atoms with E-state index in [9.17, 15) is 0 Å². The quantitative estimate of drug-likeness (QED) is 0.204. The molecule has 1 rings (SSSR count). The molecule has 5 N–H and O–H groups in total. The molecular weight excluding hydrogens is 267 g/mol. The average Bonchev–Trinajstić information content (AvgIpc) is 2.06. The van der Waals surface area contributed by atoms with Crippen molar-refractivity contribution in [2.45, 2.75) is 0 Å². The number of hydrogen-bond acceptors (Lipinski definition) is 2. The van der Waals surface area contributed by atoms with Crippen molar-refractivity contribution in [3.8, 4) is 0 Å². The van der Waals surface area contributed by atoms with E-state index in [1.807, 2.05) is 30.3 Å². The maximum Gasteiger partial charge on any atom is 0.207 e. The van der Waals surface area contributed by atoms with E-state index >= 15 is 0 Å². The van der Waals surface area contributed by atoms with Gasteiger partial charge in [0, 0.05) is 5.69 Å². The molecule has 5 heteroatoms. The summed E-state index contributed by atoms with van der Waals surface area (Å²) >= 11 is 0. The van der Waals surface area contributed by atoms with Crippen LogP contribution in [0.4, 0.5) is 5.69 Å². The SMILES string of the molecule is I.N=C(NN)Nc1ccccc1. The first-order valence-electron chi connectivity index (χ1n) is 3.20. The molecule has 0 aliphatic rings. The molecule has 66 valence electrons. The molecule has 0 unspecified atom stereocenters. The number of nitrogens with two attached hydrogens (primary N) is 1. The molecule has 0 saturated carbocycles. The van der Waals surface area contributed by atoms with E-state index in [-0.39, 0.29) is 29.9 Å². The van der Waals surface area contributed by atoms with Crippen molar-refractivity contribution >= 4 is 35.6 Å². The molecule has 0 aliphatic carbocycles. The summed E-state index contributed by atoms with van der Waals surface area (Å²) in [6, 6.07) is 9.38. The summed E-state index contributed by atoms with van der Waals surface area (Å²) < 4.78 is 0. The van der Waals surface area contributed by atoms with Crippen LogP contribution in [0.2, 0.25) is 0 Å². The van der Waals surface area contributed by atoms with Crippen LogP contribution >= 0.6 is 24.0 Å². The summed E-state index contributed by atoms with van der Waals surface area (Å²) in [6.45, 7) is 0. The summed E-state index contributed by atoms with van der Waals surface area (Å²) in [5, 5.41) is 9.87. The molecule has 0 amide bonds. The molecule has 0 heterocycles. The van der Waals surface area contributed by atoms with Crippen molar-refractivity contribution in [1.82, 2.24) is 5.43 Å². The number of anilines is 1. The molecule has 12 heavy (non-hydrogen) atoms. The van der Waals surface area contributed by atoms with Crippen LogP contribution in [0.15, 0.2) is 30.3 Å². The number of para-hydroxylation sites is 1. The zero-order chi connectivity index (χ0) is 8.10. The lowest BCUT2D eigenvalue weighted by Gasteiger charge is -2.04. The van der Waals surface area contributed by atoms with Crippen LogP contribution in [-0.2, 0) is 0 Å². The molecule has 0 atom stereocenters. The van der Waals surface area contributed by atoms with Crippen molar-refractivity contribution in [1.29, 1.82) is 5.41 Å². The fraction of sp³-hybridized carbons (Fsp3) is 0. The van der Waals surface area contributed by atoms with E-state index in [0.29, 0.717) is 0 Å². The second-order valence-electron chi connectivity index (χ2n) is 2.01. The van der Waals surface area contributed by atoms with Gasteiger partial charge in [-0.3, -0.25) is 10.8 Å². The molecule has 0 saturated heterocycles. The lowest BCUT2D eigenvalue weighted by Crippen LogP contribution is -2.35. The highest BCUT2D eigenvalue weighted by Gasteiger charge is 1.90. The lowest BCUT2D eigenvalue weighted by molar-refractivity contribution is 1.01. The van der Waals surface area contributed by atoms with Crippen molar-refractivity contribution in [3.05, 3.63) is 30.3 Å². The van der Waals surface area contributed by atoms with Gasteiger partial charge >= 0.3 is 0 Å². The Labute approximate surface area is 88.0 Å². The van der Waals surface area contributed by atoms with Gasteiger partial charge < -0.3 is 5.32 Å². The molecular formula is C7H11IN4. The Bertz CT molecular complexity index is 236. The zero-order valence-electron chi connectivity index (χ0n) is 6.37. The molecule has 1 aromatic carbocycles. The van der Waals surface area contributed by atoms with Gasteiger partial charge in [0.15, 0.2) is 0 Å². The zero-order valence-corrected chi connectivity index (χ0v) is 8.70. The topological polar surface area (TPSA) is 73.9 Å². The largest absolute Gasteiger partial charge is 0.325 e. The molecule has 0 aromatic heterocycles. The molecule has 1 aromatic rings. The maximum atomic E-state index is 7.13. The van der Waals surface area contributed by atoms with Crippen LogP contribution in [0.5, 0.6) is 0 Å². The highest BCUT2D eigenvalue weighted by atomic mass is 127. The minimum Gasteiger partial charge on any atom is -0.325 e. The third-order valence-corrected chi connectivity index (χ3v) is 1.19. The normalized spacial score (nSPS) is 8.08. The predicted octanol–water partition coefficient (Wildman–Crippen LogP) is 1.11. The molecule has 4 nitrogen and oxygen atoms in total. The Morgan fingerprint density at radius 1 is 1.25 bits per heavy atom. The molecule has 0 bridgehead atoms. The van der Waals surface area contributed by atoms with Crippen molar-refractivity contribution in [2.24, 2.45) is 5.84 Å². The van der Waals surface area contributed by atoms with Crippen LogP contribution in [0.1, 0.15) is 0 Å². The predicted molar refractivity (Wildman–Crippen MR) is 60.5 cm³/mol. The first-order valence-corrected chi connectivity index (χ1v) is 3.20. The third-order valence-electron chi connectivity index (χ3n) is 1.19. The van der Waals surface area contributed by atoms with Gasteiger partial charge in [-0.15, -0.1) is 24.0 Å². The number of rotatable bonds is 1. The average molecular weight is 278 g/mol. The number of hydrogen-bond donors (Lipinski definition) is 4. The summed E-state index contributed by atoms with van der Waals surface area (Å²) in [4.78, 5) is 0. The molecule has 0 fully saturated rings. The minimum atomic E-state index is 0. The van der Waals surface area contributed by atoms with E-state index in [2.05, 4.69) is 10.7 Å².